The first-order chi connectivity index (χ1) is 65.4. The lowest BCUT2D eigenvalue weighted by molar-refractivity contribution is 1.12. The molecule has 0 amide bonds. The van der Waals surface area contributed by atoms with Crippen LogP contribution in [-0.4, -0.2) is 29.9 Å². The Morgan fingerprint density at radius 3 is 0.632 bits per heavy atom. The maximum atomic E-state index is 4.44. The fraction of sp³-hybridized carbons (Fsp3) is 0.0847. The molecule has 0 aliphatic heterocycles. The predicted molar refractivity (Wildman–Crippen MR) is 582 cm³/mol. The molecule has 0 spiro atoms. The Morgan fingerprint density at radius 2 is 0.376 bits per heavy atom. The first-order valence-corrected chi connectivity index (χ1v) is 51.9. The van der Waals surface area contributed by atoms with Crippen molar-refractivity contribution in [3.63, 3.8) is 0 Å². The lowest BCUT2D eigenvalue weighted by Crippen LogP contribution is -2.02. The predicted octanol–water partition coefficient (Wildman–Crippen LogP) is 37.6. The number of thiophene rings is 9. The van der Waals surface area contributed by atoms with Crippen LogP contribution in [0.3, 0.4) is 0 Å². The Bertz CT molecular complexity index is 6880. The van der Waals surface area contributed by atoms with Crippen LogP contribution in [0.1, 0.15) is 58.3 Å². The van der Waals surface area contributed by atoms with E-state index >= 15 is 0 Å². The maximum Gasteiger partial charge on any atom is 0.159 e. The highest BCUT2D eigenvalue weighted by Crippen LogP contribution is 2.57. The zero-order valence-corrected chi connectivity index (χ0v) is 82.8. The van der Waals surface area contributed by atoms with Crippen molar-refractivity contribution < 1.29 is 0 Å². The summed E-state index contributed by atoms with van der Waals surface area (Å²) in [6.07, 6.45) is 10.6. The van der Waals surface area contributed by atoms with Gasteiger partial charge in [-0.15, -0.1) is 102 Å². The third-order valence-corrected chi connectivity index (χ3v) is 31.7. The summed E-state index contributed by atoms with van der Waals surface area (Å²) >= 11 is 16.7. The molecule has 0 bridgehead atoms. The van der Waals surface area contributed by atoms with Gasteiger partial charge in [0.25, 0.3) is 0 Å². The lowest BCUT2D eigenvalue weighted by Gasteiger charge is -2.28. The van der Waals surface area contributed by atoms with Crippen molar-refractivity contribution in [1.82, 2.24) is 29.9 Å². The topological polar surface area (TPSA) is 77.3 Å². The summed E-state index contributed by atoms with van der Waals surface area (Å²) in [4.78, 5) is 47.9. The quantitative estimate of drug-likeness (QED) is 0.0852. The Balaban J connectivity index is 0.000000125. The van der Waals surface area contributed by atoms with E-state index < -0.39 is 0 Å². The number of rotatable bonds is 18. The van der Waals surface area contributed by atoms with Gasteiger partial charge < -0.3 is 0 Å². The van der Waals surface area contributed by atoms with Crippen molar-refractivity contribution >= 4 is 102 Å². The summed E-state index contributed by atoms with van der Waals surface area (Å²) in [5, 5.41) is 4.30. The van der Waals surface area contributed by atoms with Crippen molar-refractivity contribution in [3.05, 3.63) is 430 Å². The van der Waals surface area contributed by atoms with Gasteiger partial charge in [0.15, 0.2) is 17.5 Å². The highest BCUT2D eigenvalue weighted by atomic mass is 32.1. The average Bonchev–Trinajstić information content (AvgIpc) is 1.71. The molecule has 0 radical (unpaired) electrons. The average molecular weight is 1890 g/mol. The monoisotopic (exact) mass is 1880 g/mol. The van der Waals surface area contributed by atoms with Gasteiger partial charge in [-0.25, -0.2) is 29.9 Å². The molecule has 12 heterocycles. The van der Waals surface area contributed by atoms with E-state index in [0.717, 1.165) is 27.8 Å². The largest absolute Gasteiger partial charge is 0.237 e. The number of benzene rings is 10. The van der Waals surface area contributed by atoms with Crippen molar-refractivity contribution in [2.24, 2.45) is 0 Å². The molecule has 0 atom stereocenters. The van der Waals surface area contributed by atoms with Gasteiger partial charge in [-0.1, -0.05) is 222 Å². The molecule has 0 fully saturated rings. The van der Waals surface area contributed by atoms with Crippen LogP contribution >= 0.6 is 102 Å². The SMILES string of the molecule is CC.CC.Cc1ccc(-c2cc(-c3cccs3)cc(-c3ccc(C)s3)c2)s1.Cc1ccc(-c2ccc(-c3cc(-c4ccc(-c5cccs5)s4)cc(-c4ccc(-c5ccc(C)s5)s4)c3)s2)s1.Cc1cnc(-c2cc(-c3ncccn3)cc(-c3ncc(C)cn3)c2)nc1.c1ccc(-c2c(-c3ccccc3)c(-c3ccccc3)c(-c3ccccc3)c(-c3ccccc3)c2-c2ccccc2)cc1. The van der Waals surface area contributed by atoms with Gasteiger partial charge in [-0.05, 0) is 321 Å². The smallest absolute Gasteiger partial charge is 0.159 e. The van der Waals surface area contributed by atoms with Crippen LogP contribution in [0, 0.1) is 41.5 Å². The van der Waals surface area contributed by atoms with Crippen LogP contribution in [0.5, 0.6) is 0 Å². The molecule has 10 aromatic carbocycles. The second-order valence-corrected chi connectivity index (χ2v) is 41.5. The van der Waals surface area contributed by atoms with Gasteiger partial charge in [-0.2, -0.15) is 0 Å². The lowest BCUT2D eigenvalue weighted by atomic mass is 9.74. The van der Waals surface area contributed by atoms with Crippen LogP contribution < -0.4 is 0 Å². The number of nitrogens with zero attached hydrogens (tertiary/aromatic N) is 6. The minimum absolute atomic E-state index is 0.634. The molecule has 0 aliphatic carbocycles. The number of aryl methyl sites for hydroxylation is 6. The molecular formula is C118H96N6S9. The van der Waals surface area contributed by atoms with Gasteiger partial charge in [-0.3, -0.25) is 0 Å². The molecule has 6 nitrogen and oxygen atoms in total. The van der Waals surface area contributed by atoms with Gasteiger partial charge >= 0.3 is 0 Å². The van der Waals surface area contributed by atoms with Crippen LogP contribution in [0.2, 0.25) is 0 Å². The molecule has 0 saturated heterocycles. The zero-order chi connectivity index (χ0) is 91.5. The van der Waals surface area contributed by atoms with Crippen molar-refractivity contribution in [3.8, 4) is 193 Å². The fourth-order valence-corrected chi connectivity index (χ4v) is 24.0. The minimum atomic E-state index is 0.634. The van der Waals surface area contributed by atoms with E-state index in [9.17, 15) is 0 Å². The molecule has 0 unspecified atom stereocenters. The van der Waals surface area contributed by atoms with Crippen LogP contribution in [0.25, 0.3) is 193 Å². The Kier molecular flexibility index (Phi) is 30.2. The van der Waals surface area contributed by atoms with E-state index in [0.29, 0.717) is 17.5 Å². The van der Waals surface area contributed by atoms with Crippen molar-refractivity contribution in [1.29, 1.82) is 0 Å². The van der Waals surface area contributed by atoms with E-state index in [1.165, 1.54) is 178 Å². The van der Waals surface area contributed by atoms with E-state index in [4.69, 9.17) is 0 Å². The van der Waals surface area contributed by atoms with E-state index in [1.807, 2.05) is 139 Å². The van der Waals surface area contributed by atoms with Gasteiger partial charge in [0.2, 0.25) is 0 Å². The zero-order valence-electron chi connectivity index (χ0n) is 75.5. The summed E-state index contributed by atoms with van der Waals surface area (Å²) in [5.41, 5.74) is 27.1. The first-order valence-electron chi connectivity index (χ1n) is 44.4. The van der Waals surface area contributed by atoms with E-state index in [-0.39, 0.29) is 0 Å². The number of aromatic nitrogens is 6. The summed E-state index contributed by atoms with van der Waals surface area (Å²) in [6.45, 7) is 20.6. The first kappa shape index (κ1) is 91.6. The molecule has 22 aromatic rings. The molecule has 0 saturated carbocycles. The van der Waals surface area contributed by atoms with Gasteiger partial charge in [0.05, 0.1) is 0 Å². The summed E-state index contributed by atoms with van der Waals surface area (Å²) in [5.74, 6) is 1.92. The number of hydrogen-bond donors (Lipinski definition) is 0. The Labute approximate surface area is 816 Å². The number of hydrogen-bond acceptors (Lipinski definition) is 15. The molecule has 652 valence electrons. The highest BCUT2D eigenvalue weighted by molar-refractivity contribution is 7.25. The summed E-state index contributed by atoms with van der Waals surface area (Å²) in [6, 6.07) is 127. The van der Waals surface area contributed by atoms with Crippen molar-refractivity contribution in [2.75, 3.05) is 0 Å². The standard InChI is InChI=1S/C42H30.C32H22S6.C20H16N6.C20H16S3.2C2H6/c1-7-19-31(20-8-1)37-38(32-21-9-2-10-22-32)40(34-25-13-4-14-26-34)42(36-29-17-6-18-30-36)41(35-27-15-5-16-28-35)39(37)33-23-11-3-12-24-33;1-19-5-7-29(34-19)31-13-10-25(37-31)22-16-21(24-9-12-28(36-24)27-4-3-15-33-27)17-23(18-22)26-11-14-32(38-26)30-8-6-20(2)35-30;1-13-9-23-19(24-10-13)16-6-15(18-21-4-3-5-22-18)7-17(8-16)20-25-11-14(2)12-26-20;1-13-5-7-19(22-13)16-10-15(18-4-3-9-21-18)11-17(12-16)20-8-6-14(2)23-20;2*1-2/h1-30H;3-18H,1-2H3;3-12H,1-2H3;3-12H,1-2H3;2*1-2H3. The van der Waals surface area contributed by atoms with Crippen LogP contribution in [-0.2, 0) is 0 Å². The third kappa shape index (κ3) is 21.9. The normalized spacial score (nSPS) is 10.8. The molecule has 12 aromatic heterocycles. The molecule has 0 aliphatic rings. The summed E-state index contributed by atoms with van der Waals surface area (Å²) < 4.78 is 0. The van der Waals surface area contributed by atoms with Gasteiger partial charge in [0, 0.05) is 132 Å². The second kappa shape index (κ2) is 43.9. The minimum Gasteiger partial charge on any atom is -0.237 e. The summed E-state index contributed by atoms with van der Waals surface area (Å²) in [7, 11) is 0. The molecule has 15 heteroatoms. The molecule has 133 heavy (non-hydrogen) atoms. The fourth-order valence-electron chi connectivity index (χ4n) is 15.8. The van der Waals surface area contributed by atoms with E-state index in [2.05, 4.69) is 396 Å². The highest BCUT2D eigenvalue weighted by Gasteiger charge is 2.30. The Hall–Kier alpha value is -13.3. The van der Waals surface area contributed by atoms with Crippen LogP contribution in [0.4, 0.5) is 0 Å². The third-order valence-electron chi connectivity index (χ3n) is 21.8. The Morgan fingerprint density at radius 1 is 0.165 bits per heavy atom. The van der Waals surface area contributed by atoms with Crippen LogP contribution in [0.15, 0.2) is 400 Å². The molecular weight excluding hydrogens is 1790 g/mol. The van der Waals surface area contributed by atoms with Gasteiger partial charge in [0.1, 0.15) is 0 Å². The maximum absolute atomic E-state index is 4.44. The molecule has 0 N–H and O–H groups in total. The second-order valence-electron chi connectivity index (χ2n) is 31.2. The van der Waals surface area contributed by atoms with Crippen molar-refractivity contribution in [2.45, 2.75) is 69.2 Å². The molecule has 22 rings (SSSR count). The van der Waals surface area contributed by atoms with E-state index in [1.54, 1.807) is 65.9 Å².